The van der Waals surface area contributed by atoms with Crippen LogP contribution < -0.4 is 4.57 Å². The van der Waals surface area contributed by atoms with Crippen molar-refractivity contribution < 1.29 is 14.1 Å². The van der Waals surface area contributed by atoms with Gasteiger partial charge in [-0.2, -0.15) is 0 Å². The van der Waals surface area contributed by atoms with Crippen LogP contribution in [0.15, 0.2) is 30.6 Å². The van der Waals surface area contributed by atoms with E-state index < -0.39 is 0 Å². The molecule has 0 fully saturated rings. The van der Waals surface area contributed by atoms with Crippen LogP contribution in [0.5, 0.6) is 0 Å². The molecule has 0 aliphatic carbocycles. The molecule has 0 radical (unpaired) electrons. The Labute approximate surface area is 90.7 Å². The van der Waals surface area contributed by atoms with Crippen LogP contribution in [0.3, 0.4) is 0 Å². The molecule has 0 saturated heterocycles. The molecule has 82 valence electrons. The Morgan fingerprint density at radius 1 is 1.20 bits per heavy atom. The van der Waals surface area contributed by atoms with Crippen molar-refractivity contribution >= 4 is 5.97 Å². The van der Waals surface area contributed by atoms with Gasteiger partial charge in [-0.3, -0.25) is 4.79 Å². The van der Waals surface area contributed by atoms with E-state index in [9.17, 15) is 4.79 Å². The van der Waals surface area contributed by atoms with Crippen molar-refractivity contribution in [2.75, 3.05) is 6.61 Å². The van der Waals surface area contributed by atoms with E-state index in [-0.39, 0.29) is 5.97 Å². The molecule has 3 nitrogen and oxygen atoms in total. The third-order valence-corrected chi connectivity index (χ3v) is 2.14. The molecule has 1 aromatic rings. The summed E-state index contributed by atoms with van der Waals surface area (Å²) in [4.78, 5) is 10.8. The van der Waals surface area contributed by atoms with Gasteiger partial charge in [0.2, 0.25) is 0 Å². The smallest absolute Gasteiger partial charge is 0.305 e. The van der Waals surface area contributed by atoms with Crippen LogP contribution in [0.4, 0.5) is 0 Å². The molecule has 0 amide bonds. The third kappa shape index (κ3) is 5.15. The largest absolute Gasteiger partial charge is 0.466 e. The van der Waals surface area contributed by atoms with E-state index in [0.717, 1.165) is 19.4 Å². The van der Waals surface area contributed by atoms with E-state index in [1.807, 2.05) is 37.5 Å². The minimum Gasteiger partial charge on any atom is -0.466 e. The number of pyridine rings is 1. The topological polar surface area (TPSA) is 30.2 Å². The summed E-state index contributed by atoms with van der Waals surface area (Å²) in [6.45, 7) is 3.33. The van der Waals surface area contributed by atoms with E-state index >= 15 is 0 Å². The first-order valence-corrected chi connectivity index (χ1v) is 5.42. The van der Waals surface area contributed by atoms with Crippen LogP contribution in [0.25, 0.3) is 0 Å². The number of aryl methyl sites for hydroxylation is 1. The second-order valence-corrected chi connectivity index (χ2v) is 3.39. The van der Waals surface area contributed by atoms with Crippen LogP contribution >= 0.6 is 0 Å². The number of unbranched alkanes of at least 4 members (excludes halogenated alkanes) is 1. The van der Waals surface area contributed by atoms with Crippen LogP contribution in [0.2, 0.25) is 0 Å². The number of nitrogens with zero attached hydrogens (tertiary/aromatic N) is 1. The highest BCUT2D eigenvalue weighted by Crippen LogP contribution is 1.92. The first kappa shape index (κ1) is 11.7. The zero-order valence-corrected chi connectivity index (χ0v) is 9.19. The lowest BCUT2D eigenvalue weighted by Crippen LogP contribution is -2.32. The minimum absolute atomic E-state index is 0.109. The summed E-state index contributed by atoms with van der Waals surface area (Å²) in [5.41, 5.74) is 0. The average molecular weight is 208 g/mol. The Balaban J connectivity index is 2.05. The fourth-order valence-electron chi connectivity index (χ4n) is 1.27. The van der Waals surface area contributed by atoms with Gasteiger partial charge < -0.3 is 4.74 Å². The molecular formula is C12H18NO2+. The van der Waals surface area contributed by atoms with Crippen LogP contribution in [0.1, 0.15) is 26.2 Å². The van der Waals surface area contributed by atoms with Gasteiger partial charge in [-0.05, 0) is 6.42 Å². The highest BCUT2D eigenvalue weighted by molar-refractivity contribution is 5.68. The Bertz CT molecular complexity index is 285. The van der Waals surface area contributed by atoms with E-state index in [2.05, 4.69) is 4.57 Å². The number of aromatic nitrogens is 1. The quantitative estimate of drug-likeness (QED) is 0.405. The van der Waals surface area contributed by atoms with Gasteiger partial charge >= 0.3 is 5.97 Å². The Morgan fingerprint density at radius 2 is 1.93 bits per heavy atom. The molecule has 0 aliphatic heterocycles. The molecule has 0 aromatic carbocycles. The van der Waals surface area contributed by atoms with Gasteiger partial charge in [0.25, 0.3) is 0 Å². The molecule has 0 N–H and O–H groups in total. The number of carbonyl (C=O) groups is 1. The fraction of sp³-hybridized carbons (Fsp3) is 0.500. The molecule has 0 unspecified atom stereocenters. The van der Waals surface area contributed by atoms with Crippen LogP contribution in [-0.2, 0) is 16.1 Å². The first-order chi connectivity index (χ1) is 7.33. The second kappa shape index (κ2) is 6.98. The van der Waals surface area contributed by atoms with E-state index in [0.29, 0.717) is 13.0 Å². The highest BCUT2D eigenvalue weighted by Gasteiger charge is 2.00. The average Bonchev–Trinajstić information content (AvgIpc) is 2.29. The van der Waals surface area contributed by atoms with Crippen molar-refractivity contribution in [2.45, 2.75) is 32.7 Å². The monoisotopic (exact) mass is 208 g/mol. The maximum absolute atomic E-state index is 10.8. The van der Waals surface area contributed by atoms with Crippen molar-refractivity contribution in [3.05, 3.63) is 30.6 Å². The number of ether oxygens (including phenoxy) is 1. The molecule has 0 atom stereocenters. The number of hydrogen-bond acceptors (Lipinski definition) is 2. The Morgan fingerprint density at radius 3 is 2.60 bits per heavy atom. The summed E-state index contributed by atoms with van der Waals surface area (Å²) in [6.07, 6.45) is 6.50. The third-order valence-electron chi connectivity index (χ3n) is 2.14. The molecule has 1 aromatic heterocycles. The van der Waals surface area contributed by atoms with Gasteiger partial charge in [-0.15, -0.1) is 0 Å². The standard InChI is InChI=1S/C12H18NO2/c1-2-12(14)15-11-7-6-10-13-8-4-3-5-9-13/h3-5,8-9H,2,6-7,10-11H2,1H3/q+1. The maximum atomic E-state index is 10.8. The fourth-order valence-corrected chi connectivity index (χ4v) is 1.27. The van der Waals surface area contributed by atoms with E-state index in [1.54, 1.807) is 0 Å². The number of esters is 1. The molecule has 15 heavy (non-hydrogen) atoms. The Kier molecular flexibility index (Phi) is 5.44. The van der Waals surface area contributed by atoms with E-state index in [4.69, 9.17) is 4.74 Å². The van der Waals surface area contributed by atoms with Gasteiger partial charge in [0.15, 0.2) is 12.4 Å². The normalized spacial score (nSPS) is 9.93. The van der Waals surface area contributed by atoms with Crippen molar-refractivity contribution in [3.63, 3.8) is 0 Å². The van der Waals surface area contributed by atoms with E-state index in [1.165, 1.54) is 0 Å². The molecular weight excluding hydrogens is 190 g/mol. The summed E-state index contributed by atoms with van der Waals surface area (Å²) in [5.74, 6) is -0.109. The van der Waals surface area contributed by atoms with Gasteiger partial charge in [0.1, 0.15) is 6.54 Å². The summed E-state index contributed by atoms with van der Waals surface area (Å²) in [7, 11) is 0. The van der Waals surface area contributed by atoms with Gasteiger partial charge in [-0.25, -0.2) is 4.57 Å². The predicted molar refractivity (Wildman–Crippen MR) is 57.1 cm³/mol. The molecule has 1 rings (SSSR count). The van der Waals surface area contributed by atoms with Crippen molar-refractivity contribution in [2.24, 2.45) is 0 Å². The molecule has 0 bridgehead atoms. The summed E-state index contributed by atoms with van der Waals surface area (Å²) in [6, 6.07) is 6.02. The lowest BCUT2D eigenvalue weighted by atomic mass is 10.3. The minimum atomic E-state index is -0.109. The zero-order chi connectivity index (χ0) is 10.9. The van der Waals surface area contributed by atoms with Gasteiger partial charge in [-0.1, -0.05) is 13.0 Å². The number of carbonyl (C=O) groups excluding carboxylic acids is 1. The molecule has 1 heterocycles. The van der Waals surface area contributed by atoms with Crippen molar-refractivity contribution in [1.82, 2.24) is 0 Å². The number of hydrogen-bond donors (Lipinski definition) is 0. The predicted octanol–water partition coefficient (Wildman–Crippen LogP) is 1.71. The van der Waals surface area contributed by atoms with Crippen molar-refractivity contribution in [3.8, 4) is 0 Å². The molecule has 0 saturated carbocycles. The lowest BCUT2D eigenvalue weighted by Gasteiger charge is -2.01. The van der Waals surface area contributed by atoms with Crippen molar-refractivity contribution in [1.29, 1.82) is 0 Å². The molecule has 3 heteroatoms. The maximum Gasteiger partial charge on any atom is 0.305 e. The van der Waals surface area contributed by atoms with Gasteiger partial charge in [0, 0.05) is 25.0 Å². The zero-order valence-electron chi connectivity index (χ0n) is 9.19. The van der Waals surface area contributed by atoms with Crippen LogP contribution in [-0.4, -0.2) is 12.6 Å². The second-order valence-electron chi connectivity index (χ2n) is 3.39. The Hall–Kier alpha value is -1.38. The number of rotatable bonds is 6. The first-order valence-electron chi connectivity index (χ1n) is 5.42. The van der Waals surface area contributed by atoms with Gasteiger partial charge in [0.05, 0.1) is 6.61 Å². The summed E-state index contributed by atoms with van der Waals surface area (Å²) >= 11 is 0. The molecule has 0 aliphatic rings. The highest BCUT2D eigenvalue weighted by atomic mass is 16.5. The molecule has 0 spiro atoms. The SMILES string of the molecule is CCC(=O)OCCCC[n+]1ccccc1. The lowest BCUT2D eigenvalue weighted by molar-refractivity contribution is -0.697. The summed E-state index contributed by atoms with van der Waals surface area (Å²) in [5, 5.41) is 0. The van der Waals surface area contributed by atoms with Crippen LogP contribution in [0, 0.1) is 0 Å². The summed E-state index contributed by atoms with van der Waals surface area (Å²) < 4.78 is 7.11.